The lowest BCUT2D eigenvalue weighted by Crippen LogP contribution is -2.27. The zero-order valence-electron chi connectivity index (χ0n) is 11.1. The lowest BCUT2D eigenvalue weighted by Gasteiger charge is -2.23. The van der Waals surface area contributed by atoms with Crippen molar-refractivity contribution in [2.75, 3.05) is 13.1 Å². The molecule has 0 aromatic carbocycles. The number of hydrogen-bond donors (Lipinski definition) is 1. The van der Waals surface area contributed by atoms with E-state index in [9.17, 15) is 0 Å². The van der Waals surface area contributed by atoms with Crippen LogP contribution in [0.25, 0.3) is 0 Å². The van der Waals surface area contributed by atoms with Crippen molar-refractivity contribution >= 4 is 0 Å². The van der Waals surface area contributed by atoms with Crippen LogP contribution in [0.15, 0.2) is 37.1 Å². The SMILES string of the molecule is c1cncc(CCn2cncc2C2CCNCC2)c1. The lowest BCUT2D eigenvalue weighted by atomic mass is 9.95. The maximum atomic E-state index is 4.34. The van der Waals surface area contributed by atoms with Crippen LogP contribution in [0, 0.1) is 0 Å². The monoisotopic (exact) mass is 256 g/mol. The number of nitrogens with zero attached hydrogens (tertiary/aromatic N) is 3. The smallest absolute Gasteiger partial charge is 0.0948 e. The summed E-state index contributed by atoms with van der Waals surface area (Å²) in [6.45, 7) is 3.24. The van der Waals surface area contributed by atoms with Crippen molar-refractivity contribution in [3.63, 3.8) is 0 Å². The molecule has 0 spiro atoms. The number of hydrogen-bond acceptors (Lipinski definition) is 3. The van der Waals surface area contributed by atoms with E-state index < -0.39 is 0 Å². The highest BCUT2D eigenvalue weighted by molar-refractivity contribution is 5.11. The van der Waals surface area contributed by atoms with Crippen LogP contribution < -0.4 is 5.32 Å². The molecule has 19 heavy (non-hydrogen) atoms. The third-order valence-corrected chi connectivity index (χ3v) is 3.87. The van der Waals surface area contributed by atoms with Gasteiger partial charge in [0.25, 0.3) is 0 Å². The van der Waals surface area contributed by atoms with E-state index in [1.165, 1.54) is 24.1 Å². The third kappa shape index (κ3) is 3.01. The van der Waals surface area contributed by atoms with Crippen LogP contribution >= 0.6 is 0 Å². The van der Waals surface area contributed by atoms with E-state index in [0.29, 0.717) is 5.92 Å². The summed E-state index contributed by atoms with van der Waals surface area (Å²) in [4.78, 5) is 8.50. The minimum atomic E-state index is 0.664. The van der Waals surface area contributed by atoms with Gasteiger partial charge in [-0.15, -0.1) is 0 Å². The molecule has 2 aromatic rings. The summed E-state index contributed by atoms with van der Waals surface area (Å²) in [7, 11) is 0. The predicted octanol–water partition coefficient (Wildman–Crippen LogP) is 1.99. The van der Waals surface area contributed by atoms with Gasteiger partial charge in [-0.3, -0.25) is 4.98 Å². The summed E-state index contributed by atoms with van der Waals surface area (Å²) in [6, 6.07) is 4.13. The second-order valence-corrected chi connectivity index (χ2v) is 5.15. The molecule has 0 radical (unpaired) electrons. The summed E-state index contributed by atoms with van der Waals surface area (Å²) in [6.07, 6.45) is 11.2. The van der Waals surface area contributed by atoms with Crippen LogP contribution in [-0.4, -0.2) is 27.6 Å². The van der Waals surface area contributed by atoms with Crippen molar-refractivity contribution in [1.82, 2.24) is 19.9 Å². The van der Waals surface area contributed by atoms with E-state index >= 15 is 0 Å². The Morgan fingerprint density at radius 2 is 2.11 bits per heavy atom. The van der Waals surface area contributed by atoms with Crippen molar-refractivity contribution in [2.45, 2.75) is 31.7 Å². The molecule has 3 heterocycles. The van der Waals surface area contributed by atoms with Crippen LogP contribution in [0.5, 0.6) is 0 Å². The van der Waals surface area contributed by atoms with Gasteiger partial charge in [0.1, 0.15) is 0 Å². The molecule has 1 aliphatic rings. The van der Waals surface area contributed by atoms with Gasteiger partial charge < -0.3 is 9.88 Å². The van der Waals surface area contributed by atoms with E-state index in [2.05, 4.69) is 25.9 Å². The van der Waals surface area contributed by atoms with Gasteiger partial charge in [0.15, 0.2) is 0 Å². The zero-order valence-corrected chi connectivity index (χ0v) is 11.1. The number of aryl methyl sites for hydroxylation is 2. The Bertz CT molecular complexity index is 500. The fourth-order valence-electron chi connectivity index (χ4n) is 2.77. The van der Waals surface area contributed by atoms with Crippen LogP contribution in [0.2, 0.25) is 0 Å². The number of pyridine rings is 1. The van der Waals surface area contributed by atoms with Crippen molar-refractivity contribution < 1.29 is 0 Å². The second kappa shape index (κ2) is 5.97. The molecule has 3 rings (SSSR count). The van der Waals surface area contributed by atoms with Crippen molar-refractivity contribution in [3.05, 3.63) is 48.3 Å². The molecule has 2 aromatic heterocycles. The summed E-state index contributed by atoms with van der Waals surface area (Å²) >= 11 is 0. The highest BCUT2D eigenvalue weighted by Crippen LogP contribution is 2.24. The first kappa shape index (κ1) is 12.4. The summed E-state index contributed by atoms with van der Waals surface area (Å²) in [5.41, 5.74) is 2.68. The van der Waals surface area contributed by atoms with Crippen LogP contribution in [-0.2, 0) is 13.0 Å². The molecule has 1 N–H and O–H groups in total. The Kier molecular flexibility index (Phi) is 3.89. The highest BCUT2D eigenvalue weighted by Gasteiger charge is 2.18. The summed E-state index contributed by atoms with van der Waals surface area (Å²) < 4.78 is 2.31. The molecule has 0 saturated carbocycles. The Morgan fingerprint density at radius 3 is 2.89 bits per heavy atom. The highest BCUT2D eigenvalue weighted by atomic mass is 15.0. The number of piperidine rings is 1. The molecule has 0 aliphatic carbocycles. The first-order valence-electron chi connectivity index (χ1n) is 7.03. The van der Waals surface area contributed by atoms with Crippen molar-refractivity contribution in [1.29, 1.82) is 0 Å². The maximum Gasteiger partial charge on any atom is 0.0948 e. The van der Waals surface area contributed by atoms with E-state index in [-0.39, 0.29) is 0 Å². The van der Waals surface area contributed by atoms with Gasteiger partial charge >= 0.3 is 0 Å². The summed E-state index contributed by atoms with van der Waals surface area (Å²) in [5.74, 6) is 0.664. The van der Waals surface area contributed by atoms with Gasteiger partial charge in [-0.2, -0.15) is 0 Å². The van der Waals surface area contributed by atoms with E-state index in [0.717, 1.165) is 26.1 Å². The largest absolute Gasteiger partial charge is 0.334 e. The quantitative estimate of drug-likeness (QED) is 0.909. The molecule has 100 valence electrons. The molecular formula is C15H20N4. The van der Waals surface area contributed by atoms with Crippen LogP contribution in [0.4, 0.5) is 0 Å². The fourth-order valence-corrected chi connectivity index (χ4v) is 2.77. The van der Waals surface area contributed by atoms with Gasteiger partial charge in [-0.1, -0.05) is 6.07 Å². The van der Waals surface area contributed by atoms with Gasteiger partial charge in [-0.25, -0.2) is 4.98 Å². The minimum Gasteiger partial charge on any atom is -0.334 e. The molecule has 0 unspecified atom stereocenters. The summed E-state index contributed by atoms with van der Waals surface area (Å²) in [5, 5.41) is 3.42. The number of nitrogens with one attached hydrogen (secondary N) is 1. The third-order valence-electron chi connectivity index (χ3n) is 3.87. The number of imidazole rings is 1. The van der Waals surface area contributed by atoms with Gasteiger partial charge in [0, 0.05) is 36.7 Å². The normalized spacial score (nSPS) is 16.6. The Labute approximate surface area is 113 Å². The van der Waals surface area contributed by atoms with Gasteiger partial charge in [0.05, 0.1) is 6.33 Å². The molecular weight excluding hydrogens is 236 g/mol. The van der Waals surface area contributed by atoms with Crippen LogP contribution in [0.3, 0.4) is 0 Å². The average Bonchev–Trinajstić information content (AvgIpc) is 2.95. The molecule has 0 atom stereocenters. The maximum absolute atomic E-state index is 4.34. The molecule has 0 amide bonds. The molecule has 4 nitrogen and oxygen atoms in total. The Morgan fingerprint density at radius 1 is 1.21 bits per heavy atom. The molecule has 1 aliphatic heterocycles. The van der Waals surface area contributed by atoms with E-state index in [1.54, 1.807) is 0 Å². The van der Waals surface area contributed by atoms with Crippen LogP contribution in [0.1, 0.15) is 30.0 Å². The van der Waals surface area contributed by atoms with E-state index in [4.69, 9.17) is 0 Å². The molecule has 1 saturated heterocycles. The zero-order chi connectivity index (χ0) is 12.9. The van der Waals surface area contributed by atoms with Crippen molar-refractivity contribution in [2.24, 2.45) is 0 Å². The Hall–Kier alpha value is -1.68. The second-order valence-electron chi connectivity index (χ2n) is 5.15. The fraction of sp³-hybridized carbons (Fsp3) is 0.467. The first-order valence-corrected chi connectivity index (χ1v) is 7.03. The molecule has 1 fully saturated rings. The number of rotatable bonds is 4. The molecule has 0 bridgehead atoms. The minimum absolute atomic E-state index is 0.664. The number of aromatic nitrogens is 3. The van der Waals surface area contributed by atoms with E-state index in [1.807, 2.05) is 31.0 Å². The predicted molar refractivity (Wildman–Crippen MR) is 75.0 cm³/mol. The molecule has 4 heteroatoms. The Balaban J connectivity index is 1.66. The standard InChI is InChI=1S/C15H20N4/c1-2-13(10-17-6-1)5-9-19-12-18-11-15(19)14-3-7-16-8-4-14/h1-2,6,10-12,14,16H,3-5,7-9H2. The lowest BCUT2D eigenvalue weighted by molar-refractivity contribution is 0.438. The van der Waals surface area contributed by atoms with Gasteiger partial charge in [-0.05, 0) is 44.0 Å². The van der Waals surface area contributed by atoms with Crippen molar-refractivity contribution in [3.8, 4) is 0 Å². The van der Waals surface area contributed by atoms with Gasteiger partial charge in [0.2, 0.25) is 0 Å². The average molecular weight is 256 g/mol. The topological polar surface area (TPSA) is 42.7 Å². The first-order chi connectivity index (χ1) is 9.43.